The summed E-state index contributed by atoms with van der Waals surface area (Å²) in [6, 6.07) is 0. The van der Waals surface area contributed by atoms with Crippen molar-refractivity contribution in [2.45, 2.75) is 0 Å². The molecule has 0 saturated carbocycles. The van der Waals surface area contributed by atoms with Crippen LogP contribution in [-0.4, -0.2) is 6.69 Å². The predicted molar refractivity (Wildman–Crippen MR) is 69.2 cm³/mol. The molecule has 0 nitrogen and oxygen atoms in total. The second-order valence-electron chi connectivity index (χ2n) is 4.46. The maximum absolute atomic E-state index is 13.8. The smallest absolute Gasteiger partial charge is 0.204 e. The normalized spacial score (nSPS) is 12.0. The molecule has 0 saturated heterocycles. The van der Waals surface area contributed by atoms with Crippen LogP contribution in [0.4, 0.5) is 43.9 Å². The minimum Gasteiger partial charge on any atom is -0.204 e. The van der Waals surface area contributed by atoms with E-state index in [1.807, 2.05) is 0 Å². The van der Waals surface area contributed by atoms with E-state index in [0.717, 1.165) is 0 Å². The molecule has 0 aromatic heterocycles. The van der Waals surface area contributed by atoms with Gasteiger partial charge in [0.2, 0.25) is 11.6 Å². The van der Waals surface area contributed by atoms with Crippen LogP contribution in [0.1, 0.15) is 0 Å². The summed E-state index contributed by atoms with van der Waals surface area (Å²) < 4.78 is 134. The van der Waals surface area contributed by atoms with Gasteiger partial charge in [-0.1, -0.05) is 0 Å². The van der Waals surface area contributed by atoms with E-state index < -0.39 is 75.2 Å². The number of halogens is 12. The molecule has 0 atom stereocenters. The summed E-state index contributed by atoms with van der Waals surface area (Å²) in [6.45, 7) is -5.65. The monoisotopic (exact) mass is 432 g/mol. The van der Waals surface area contributed by atoms with Gasteiger partial charge in [-0.25, -0.2) is 43.9 Å². The molecule has 25 heavy (non-hydrogen) atoms. The van der Waals surface area contributed by atoms with Crippen LogP contribution in [-0.2, 0) is 0 Å². The maximum atomic E-state index is 13.8. The Hall–Kier alpha value is -1.46. The lowest BCUT2D eigenvalue weighted by Crippen LogP contribution is -2.56. The first-order valence-corrected chi connectivity index (χ1v) is 9.79. The van der Waals surface area contributed by atoms with Gasteiger partial charge in [-0.3, -0.25) is 0 Å². The third-order valence-electron chi connectivity index (χ3n) is 3.05. The lowest BCUT2D eigenvalue weighted by molar-refractivity contribution is 0.382. The summed E-state index contributed by atoms with van der Waals surface area (Å²) in [5, 5.41) is -4.15. The fraction of sp³-hybridized carbons (Fsp3) is 0. The van der Waals surface area contributed by atoms with Gasteiger partial charge >= 0.3 is 6.69 Å². The van der Waals surface area contributed by atoms with Crippen LogP contribution in [0, 0.1) is 58.2 Å². The molecular weight excluding hydrogens is 433 g/mol. The highest BCUT2D eigenvalue weighted by Gasteiger charge is 2.48. The molecule has 0 unspecified atom stereocenters. The van der Waals surface area contributed by atoms with Crippen molar-refractivity contribution in [3.05, 3.63) is 58.2 Å². The van der Waals surface area contributed by atoms with E-state index in [9.17, 15) is 43.9 Å². The Kier molecular flexibility index (Phi) is 5.05. The SMILES string of the molecule is Fc1c(F)c(F)c([Si](Cl)(Cl)c2c(F)c(F)c(F)c(F)c2F)c(F)c1F. The molecule has 0 aliphatic heterocycles. The van der Waals surface area contributed by atoms with Crippen molar-refractivity contribution in [2.75, 3.05) is 0 Å². The van der Waals surface area contributed by atoms with Crippen molar-refractivity contribution >= 4 is 39.2 Å². The summed E-state index contributed by atoms with van der Waals surface area (Å²) in [7, 11) is 0. The molecule has 0 heterocycles. The van der Waals surface area contributed by atoms with Crippen LogP contribution in [0.25, 0.3) is 0 Å². The topological polar surface area (TPSA) is 0 Å². The minimum atomic E-state index is -5.65. The second kappa shape index (κ2) is 6.36. The Morgan fingerprint density at radius 3 is 0.720 bits per heavy atom. The summed E-state index contributed by atoms with van der Waals surface area (Å²) in [4.78, 5) is 0. The van der Waals surface area contributed by atoms with Gasteiger partial charge in [0.15, 0.2) is 46.5 Å². The minimum absolute atomic E-state index is 2.07. The summed E-state index contributed by atoms with van der Waals surface area (Å²) in [5.74, 6) is -26.1. The molecule has 136 valence electrons. The van der Waals surface area contributed by atoms with Gasteiger partial charge in [-0.2, -0.15) is 0 Å². The second-order valence-corrected chi connectivity index (χ2v) is 10.6. The largest absolute Gasteiger partial charge is 0.322 e. The molecule has 0 aliphatic rings. The van der Waals surface area contributed by atoms with Gasteiger partial charge in [-0.05, 0) is 0 Å². The summed E-state index contributed by atoms with van der Waals surface area (Å²) in [5.41, 5.74) is 0. The predicted octanol–water partition coefficient (Wildman–Crippen LogP) is 4.11. The quantitative estimate of drug-likeness (QED) is 0.220. The number of rotatable bonds is 2. The Labute approximate surface area is 142 Å². The zero-order valence-electron chi connectivity index (χ0n) is 11.0. The highest BCUT2D eigenvalue weighted by atomic mass is 35.7. The molecule has 2 rings (SSSR count). The van der Waals surface area contributed by atoms with Crippen molar-refractivity contribution in [3.8, 4) is 0 Å². The molecular formula is C12Cl2F10Si. The molecule has 0 fully saturated rings. The van der Waals surface area contributed by atoms with E-state index in [1.54, 1.807) is 0 Å². The molecule has 0 N–H and O–H groups in total. The summed E-state index contributed by atoms with van der Waals surface area (Å²) in [6.07, 6.45) is 0. The lowest BCUT2D eigenvalue weighted by Gasteiger charge is -2.21. The van der Waals surface area contributed by atoms with Crippen LogP contribution in [0.3, 0.4) is 0 Å². The first-order valence-electron chi connectivity index (χ1n) is 5.77. The zero-order chi connectivity index (χ0) is 19.4. The Bertz CT molecular complexity index is 769. The van der Waals surface area contributed by atoms with Gasteiger partial charge in [0.1, 0.15) is 0 Å². The molecule has 2 aromatic rings. The number of hydrogen-bond donors (Lipinski definition) is 0. The van der Waals surface area contributed by atoms with E-state index in [-0.39, 0.29) is 0 Å². The maximum Gasteiger partial charge on any atom is 0.322 e. The third kappa shape index (κ3) is 2.77. The molecule has 2 aromatic carbocycles. The standard InChI is InChI=1S/C12Cl2F10Si/c13-25(14,11-7(21)3(17)1(15)4(18)8(11)22)12-9(23)5(19)2(16)6(20)10(12)24. The average molecular weight is 433 g/mol. The molecule has 0 amide bonds. The van der Waals surface area contributed by atoms with Gasteiger partial charge in [0.25, 0.3) is 0 Å². The number of benzene rings is 2. The Morgan fingerprint density at radius 1 is 0.360 bits per heavy atom. The van der Waals surface area contributed by atoms with Crippen LogP contribution >= 0.6 is 22.2 Å². The molecule has 0 bridgehead atoms. The van der Waals surface area contributed by atoms with Crippen molar-refractivity contribution in [1.29, 1.82) is 0 Å². The van der Waals surface area contributed by atoms with Crippen LogP contribution in [0.15, 0.2) is 0 Å². The Balaban J connectivity index is 2.96. The van der Waals surface area contributed by atoms with E-state index in [1.165, 1.54) is 0 Å². The van der Waals surface area contributed by atoms with Crippen molar-refractivity contribution in [1.82, 2.24) is 0 Å². The van der Waals surface area contributed by atoms with Crippen molar-refractivity contribution in [3.63, 3.8) is 0 Å². The van der Waals surface area contributed by atoms with Crippen LogP contribution < -0.4 is 10.4 Å². The van der Waals surface area contributed by atoms with Gasteiger partial charge < -0.3 is 0 Å². The van der Waals surface area contributed by atoms with Gasteiger partial charge in [0.05, 0.1) is 10.4 Å². The molecule has 13 heteroatoms. The average Bonchev–Trinajstić information content (AvgIpc) is 2.54. The van der Waals surface area contributed by atoms with Crippen LogP contribution in [0.2, 0.25) is 0 Å². The Morgan fingerprint density at radius 2 is 0.520 bits per heavy atom. The lowest BCUT2D eigenvalue weighted by atomic mass is 10.3. The van der Waals surface area contributed by atoms with Gasteiger partial charge in [0, 0.05) is 0 Å². The van der Waals surface area contributed by atoms with Crippen LogP contribution in [0.5, 0.6) is 0 Å². The molecule has 0 aliphatic carbocycles. The van der Waals surface area contributed by atoms with E-state index >= 15 is 0 Å². The first kappa shape index (κ1) is 19.9. The number of hydrogen-bond acceptors (Lipinski definition) is 0. The molecule has 0 spiro atoms. The highest BCUT2D eigenvalue weighted by molar-refractivity contribution is 7.56. The molecule has 0 radical (unpaired) electrons. The third-order valence-corrected chi connectivity index (χ3v) is 7.45. The fourth-order valence-electron chi connectivity index (χ4n) is 1.89. The van der Waals surface area contributed by atoms with Crippen molar-refractivity contribution in [2.24, 2.45) is 0 Å². The van der Waals surface area contributed by atoms with E-state index in [0.29, 0.717) is 0 Å². The van der Waals surface area contributed by atoms with E-state index in [4.69, 9.17) is 22.2 Å². The highest BCUT2D eigenvalue weighted by Crippen LogP contribution is 2.28. The van der Waals surface area contributed by atoms with E-state index in [2.05, 4.69) is 0 Å². The first-order chi connectivity index (χ1) is 11.4. The summed E-state index contributed by atoms with van der Waals surface area (Å²) >= 11 is 10.9. The van der Waals surface area contributed by atoms with Gasteiger partial charge in [-0.15, -0.1) is 22.2 Å². The zero-order valence-corrected chi connectivity index (χ0v) is 13.5. The fourth-order valence-corrected chi connectivity index (χ4v) is 5.67. The van der Waals surface area contributed by atoms with Crippen molar-refractivity contribution < 1.29 is 43.9 Å².